The largest absolute Gasteiger partial charge is 0.408 e. The Hall–Kier alpha value is -0.890. The maximum absolute atomic E-state index is 12.3. The molecule has 21 heavy (non-hydrogen) atoms. The molecule has 0 saturated heterocycles. The number of hydrogen-bond acceptors (Lipinski definition) is 4. The van der Waals surface area contributed by atoms with Crippen LogP contribution in [0, 0.1) is 0 Å². The number of anilines is 1. The van der Waals surface area contributed by atoms with Gasteiger partial charge < -0.3 is 5.32 Å². The van der Waals surface area contributed by atoms with Gasteiger partial charge in [0.25, 0.3) is 5.56 Å². The maximum atomic E-state index is 12.3. The predicted octanol–water partition coefficient (Wildman–Crippen LogP) is 3.16. The fourth-order valence-corrected chi connectivity index (χ4v) is 3.28. The molecule has 4 nitrogen and oxygen atoms in total. The second-order valence-electron chi connectivity index (χ2n) is 5.04. The first-order valence-electron chi connectivity index (χ1n) is 6.38. The molecule has 1 aliphatic rings. The Morgan fingerprint density at radius 1 is 1.52 bits per heavy atom. The number of aromatic nitrogens is 2. The highest BCUT2D eigenvalue weighted by atomic mass is 35.5. The van der Waals surface area contributed by atoms with Crippen molar-refractivity contribution in [3.8, 4) is 0 Å². The van der Waals surface area contributed by atoms with Crippen molar-refractivity contribution in [3.63, 3.8) is 0 Å². The van der Waals surface area contributed by atoms with E-state index in [1.165, 1.54) is 6.20 Å². The van der Waals surface area contributed by atoms with Crippen LogP contribution in [0.3, 0.4) is 0 Å². The molecule has 1 N–H and O–H groups in total. The van der Waals surface area contributed by atoms with Crippen LogP contribution in [0.15, 0.2) is 11.0 Å². The molecule has 0 aromatic carbocycles. The van der Waals surface area contributed by atoms with Crippen LogP contribution in [0.1, 0.15) is 19.3 Å². The molecule has 1 fully saturated rings. The first-order chi connectivity index (χ1) is 9.76. The van der Waals surface area contributed by atoms with E-state index in [2.05, 4.69) is 10.4 Å². The number of nitrogens with one attached hydrogen (secondary N) is 1. The normalized spacial score (nSPS) is 17.4. The van der Waals surface area contributed by atoms with E-state index in [9.17, 15) is 18.0 Å². The van der Waals surface area contributed by atoms with Gasteiger partial charge in [0.1, 0.15) is 11.6 Å². The Balaban J connectivity index is 2.12. The Labute approximate surface area is 129 Å². The second-order valence-corrected chi connectivity index (χ2v) is 6.70. The number of nitrogens with zero attached hydrogens (tertiary/aromatic N) is 2. The number of alkyl halides is 3. The van der Waals surface area contributed by atoms with Crippen LogP contribution >= 0.6 is 23.4 Å². The summed E-state index contributed by atoms with van der Waals surface area (Å²) >= 11 is 7.59. The lowest BCUT2D eigenvalue weighted by atomic mass is 9.84. The maximum Gasteiger partial charge on any atom is 0.408 e. The van der Waals surface area contributed by atoms with Crippen molar-refractivity contribution < 1.29 is 13.2 Å². The second kappa shape index (κ2) is 6.08. The summed E-state index contributed by atoms with van der Waals surface area (Å²) in [5, 5.41) is 6.29. The van der Waals surface area contributed by atoms with E-state index in [1.807, 2.05) is 6.26 Å². The summed E-state index contributed by atoms with van der Waals surface area (Å²) in [4.78, 5) is 11.8. The fourth-order valence-electron chi connectivity index (χ4n) is 2.15. The molecule has 1 saturated carbocycles. The summed E-state index contributed by atoms with van der Waals surface area (Å²) in [7, 11) is 0. The average Bonchev–Trinajstić information content (AvgIpc) is 2.35. The van der Waals surface area contributed by atoms with Gasteiger partial charge in [-0.1, -0.05) is 18.0 Å². The highest BCUT2D eigenvalue weighted by Gasteiger charge is 2.36. The zero-order chi connectivity index (χ0) is 15.7. The molecule has 1 aliphatic carbocycles. The molecule has 0 aliphatic heterocycles. The number of hydrogen-bond donors (Lipinski definition) is 1. The Morgan fingerprint density at radius 2 is 2.19 bits per heavy atom. The third-order valence-corrected chi connectivity index (χ3v) is 5.40. The van der Waals surface area contributed by atoms with Gasteiger partial charge in [0.05, 0.1) is 11.9 Å². The average molecular weight is 342 g/mol. The third kappa shape index (κ3) is 3.85. The molecule has 118 valence electrons. The molecule has 9 heteroatoms. The zero-order valence-corrected chi connectivity index (χ0v) is 12.9. The first kappa shape index (κ1) is 16.5. The predicted molar refractivity (Wildman–Crippen MR) is 78.1 cm³/mol. The highest BCUT2D eigenvalue weighted by molar-refractivity contribution is 8.00. The Kier molecular flexibility index (Phi) is 4.77. The van der Waals surface area contributed by atoms with Crippen LogP contribution < -0.4 is 10.9 Å². The van der Waals surface area contributed by atoms with Gasteiger partial charge in [0.15, 0.2) is 0 Å². The van der Waals surface area contributed by atoms with Gasteiger partial charge in [-0.3, -0.25) is 4.79 Å². The lowest BCUT2D eigenvalue weighted by Crippen LogP contribution is -2.40. The van der Waals surface area contributed by atoms with Gasteiger partial charge in [-0.05, 0) is 19.1 Å². The molecule has 0 spiro atoms. The quantitative estimate of drug-likeness (QED) is 0.893. The Bertz CT molecular complexity index is 566. The van der Waals surface area contributed by atoms with E-state index in [-0.39, 0.29) is 15.5 Å². The summed E-state index contributed by atoms with van der Waals surface area (Å²) in [5.41, 5.74) is -0.661. The van der Waals surface area contributed by atoms with Crippen LogP contribution in [0.4, 0.5) is 18.9 Å². The summed E-state index contributed by atoms with van der Waals surface area (Å²) in [6.07, 6.45) is 1.96. The van der Waals surface area contributed by atoms with E-state index in [0.29, 0.717) is 11.2 Å². The molecule has 1 aromatic rings. The minimum Gasteiger partial charge on any atom is -0.381 e. The Morgan fingerprint density at radius 3 is 2.67 bits per heavy atom. The van der Waals surface area contributed by atoms with Gasteiger partial charge in [-0.2, -0.15) is 30.0 Å². The lowest BCUT2D eigenvalue weighted by molar-refractivity contribution is -0.143. The van der Waals surface area contributed by atoms with Crippen LogP contribution in [-0.2, 0) is 6.54 Å². The van der Waals surface area contributed by atoms with Crippen molar-refractivity contribution in [2.75, 3.05) is 18.1 Å². The zero-order valence-electron chi connectivity index (χ0n) is 11.3. The van der Waals surface area contributed by atoms with E-state index in [1.54, 1.807) is 11.8 Å². The molecular weight excluding hydrogens is 327 g/mol. The molecule has 0 atom stereocenters. The molecule has 0 radical (unpaired) electrons. The summed E-state index contributed by atoms with van der Waals surface area (Å²) < 4.78 is 37.3. The minimum atomic E-state index is -4.51. The number of halogens is 4. The minimum absolute atomic E-state index is 0.115. The topological polar surface area (TPSA) is 46.9 Å². The SMILES string of the molecule is CSC1(CNc2cnn(CC(F)(F)F)c(=O)c2Cl)CCC1. The monoisotopic (exact) mass is 341 g/mol. The van der Waals surface area contributed by atoms with Gasteiger partial charge >= 0.3 is 6.18 Å². The van der Waals surface area contributed by atoms with Gasteiger partial charge in [0, 0.05) is 11.3 Å². The molecule has 0 unspecified atom stereocenters. The van der Waals surface area contributed by atoms with Crippen molar-refractivity contribution in [2.45, 2.75) is 36.7 Å². The van der Waals surface area contributed by atoms with Gasteiger partial charge in [-0.15, -0.1) is 0 Å². The van der Waals surface area contributed by atoms with Crippen LogP contribution in [-0.4, -0.2) is 33.5 Å². The van der Waals surface area contributed by atoms with Gasteiger partial charge in [-0.25, -0.2) is 4.68 Å². The summed E-state index contributed by atoms with van der Waals surface area (Å²) in [5.74, 6) is 0. The van der Waals surface area contributed by atoms with Crippen molar-refractivity contribution in [1.82, 2.24) is 9.78 Å². The van der Waals surface area contributed by atoms with Crippen molar-refractivity contribution in [1.29, 1.82) is 0 Å². The van der Waals surface area contributed by atoms with E-state index in [4.69, 9.17) is 11.6 Å². The van der Waals surface area contributed by atoms with Gasteiger partial charge in [0.2, 0.25) is 0 Å². The fraction of sp³-hybridized carbons (Fsp3) is 0.667. The molecule has 0 amide bonds. The molecule has 1 aromatic heterocycles. The van der Waals surface area contributed by atoms with Crippen molar-refractivity contribution in [3.05, 3.63) is 21.6 Å². The summed E-state index contributed by atoms with van der Waals surface area (Å²) in [6, 6.07) is 0. The first-order valence-corrected chi connectivity index (χ1v) is 7.98. The standard InChI is InChI=1S/C12H15ClF3N3OS/c1-21-11(3-2-4-11)6-17-8-5-18-19(7-12(14,15)16)10(20)9(8)13/h5,17H,2-4,6-7H2,1H3. The van der Waals surface area contributed by atoms with Crippen LogP contribution in [0.2, 0.25) is 5.02 Å². The highest BCUT2D eigenvalue weighted by Crippen LogP contribution is 2.42. The number of rotatable bonds is 5. The molecule has 1 heterocycles. The molecule has 0 bridgehead atoms. The van der Waals surface area contributed by atoms with Crippen molar-refractivity contribution in [2.24, 2.45) is 0 Å². The lowest BCUT2D eigenvalue weighted by Gasteiger charge is -2.40. The smallest absolute Gasteiger partial charge is 0.381 e. The summed E-state index contributed by atoms with van der Waals surface area (Å²) in [6.45, 7) is -0.834. The number of thioether (sulfide) groups is 1. The third-order valence-electron chi connectivity index (χ3n) is 3.61. The van der Waals surface area contributed by atoms with E-state index >= 15 is 0 Å². The molecule has 2 rings (SSSR count). The van der Waals surface area contributed by atoms with E-state index < -0.39 is 18.3 Å². The van der Waals surface area contributed by atoms with Crippen LogP contribution in [0.5, 0.6) is 0 Å². The van der Waals surface area contributed by atoms with Crippen LogP contribution in [0.25, 0.3) is 0 Å². The molecular formula is C12H15ClF3N3OS. The van der Waals surface area contributed by atoms with Crippen molar-refractivity contribution >= 4 is 29.1 Å². The van der Waals surface area contributed by atoms with E-state index in [0.717, 1.165) is 19.3 Å².